The molecule has 2 aromatic carbocycles. The molecule has 0 aliphatic heterocycles. The van der Waals surface area contributed by atoms with Crippen LogP contribution in [0.3, 0.4) is 0 Å². The largest absolute Gasteiger partial charge is 0.493 e. The third-order valence-corrected chi connectivity index (χ3v) is 4.17. The highest BCUT2D eigenvalue weighted by molar-refractivity contribution is 14.1. The van der Waals surface area contributed by atoms with Crippen molar-refractivity contribution in [3.63, 3.8) is 0 Å². The number of H-pyrrole nitrogens is 1. The van der Waals surface area contributed by atoms with Crippen LogP contribution in [0.5, 0.6) is 11.5 Å². The van der Waals surface area contributed by atoms with Crippen molar-refractivity contribution in [1.29, 1.82) is 0 Å². The minimum atomic E-state index is 0.189. The molecule has 0 atom stereocenters. The van der Waals surface area contributed by atoms with Crippen LogP contribution in [-0.4, -0.2) is 31.2 Å². The Kier molecular flexibility index (Phi) is 4.49. The first-order valence-corrected chi connectivity index (χ1v) is 7.74. The van der Waals surface area contributed by atoms with Crippen molar-refractivity contribution in [3.8, 4) is 22.6 Å². The van der Waals surface area contributed by atoms with Gasteiger partial charge in [0.1, 0.15) is 3.70 Å². The SMILES string of the molecule is COCOc1ccc(-c2ccc3c(I)n[nH]c3c2)cc1OC. The van der Waals surface area contributed by atoms with Crippen LogP contribution >= 0.6 is 22.6 Å². The van der Waals surface area contributed by atoms with Gasteiger partial charge in [0, 0.05) is 12.5 Å². The monoisotopic (exact) mass is 410 g/mol. The lowest BCUT2D eigenvalue weighted by molar-refractivity contribution is 0.0492. The number of ether oxygens (including phenoxy) is 3. The van der Waals surface area contributed by atoms with Gasteiger partial charge < -0.3 is 14.2 Å². The summed E-state index contributed by atoms with van der Waals surface area (Å²) in [5.41, 5.74) is 3.15. The Morgan fingerprint density at radius 1 is 1.05 bits per heavy atom. The Labute approximate surface area is 141 Å². The number of hydrogen-bond donors (Lipinski definition) is 1. The zero-order chi connectivity index (χ0) is 15.5. The summed E-state index contributed by atoms with van der Waals surface area (Å²) in [6, 6.07) is 12.1. The van der Waals surface area contributed by atoms with Gasteiger partial charge in [0.25, 0.3) is 0 Å². The third-order valence-electron chi connectivity index (χ3n) is 3.35. The van der Waals surface area contributed by atoms with Gasteiger partial charge >= 0.3 is 0 Å². The minimum Gasteiger partial charge on any atom is -0.493 e. The molecule has 0 aliphatic carbocycles. The number of fused-ring (bicyclic) bond motifs is 1. The third kappa shape index (κ3) is 2.89. The van der Waals surface area contributed by atoms with Crippen LogP contribution < -0.4 is 9.47 Å². The summed E-state index contributed by atoms with van der Waals surface area (Å²) >= 11 is 2.22. The van der Waals surface area contributed by atoms with Crippen molar-refractivity contribution in [1.82, 2.24) is 10.2 Å². The molecule has 0 fully saturated rings. The summed E-state index contributed by atoms with van der Waals surface area (Å²) < 4.78 is 16.8. The quantitative estimate of drug-likeness (QED) is 0.513. The summed E-state index contributed by atoms with van der Waals surface area (Å²) in [5.74, 6) is 1.33. The molecule has 0 aliphatic rings. The first kappa shape index (κ1) is 15.1. The van der Waals surface area contributed by atoms with Gasteiger partial charge in [-0.3, -0.25) is 5.10 Å². The molecule has 3 aromatic rings. The Morgan fingerprint density at radius 2 is 1.82 bits per heavy atom. The van der Waals surface area contributed by atoms with Crippen molar-refractivity contribution in [2.24, 2.45) is 0 Å². The smallest absolute Gasteiger partial charge is 0.188 e. The average Bonchev–Trinajstić information content (AvgIpc) is 2.93. The first-order chi connectivity index (χ1) is 10.7. The molecular formula is C16H15IN2O3. The average molecular weight is 410 g/mol. The van der Waals surface area contributed by atoms with Crippen molar-refractivity contribution in [2.75, 3.05) is 21.0 Å². The van der Waals surface area contributed by atoms with Gasteiger partial charge in [-0.15, -0.1) is 0 Å². The molecule has 0 unspecified atom stereocenters. The highest BCUT2D eigenvalue weighted by atomic mass is 127. The van der Waals surface area contributed by atoms with E-state index in [1.54, 1.807) is 14.2 Å². The van der Waals surface area contributed by atoms with Crippen LogP contribution in [0.4, 0.5) is 0 Å². The van der Waals surface area contributed by atoms with E-state index >= 15 is 0 Å². The zero-order valence-corrected chi connectivity index (χ0v) is 14.4. The van der Waals surface area contributed by atoms with E-state index in [9.17, 15) is 0 Å². The number of aromatic nitrogens is 2. The van der Waals surface area contributed by atoms with Gasteiger partial charge in [0.05, 0.1) is 12.6 Å². The van der Waals surface area contributed by atoms with E-state index in [1.165, 1.54) is 0 Å². The summed E-state index contributed by atoms with van der Waals surface area (Å²) in [5, 5.41) is 8.37. The van der Waals surface area contributed by atoms with Gasteiger partial charge in [-0.25, -0.2) is 0 Å². The lowest BCUT2D eigenvalue weighted by atomic mass is 10.0. The van der Waals surface area contributed by atoms with Crippen molar-refractivity contribution in [3.05, 3.63) is 40.1 Å². The number of hydrogen-bond acceptors (Lipinski definition) is 4. The van der Waals surface area contributed by atoms with Gasteiger partial charge in [-0.1, -0.05) is 12.1 Å². The molecule has 3 rings (SSSR count). The molecule has 6 heteroatoms. The van der Waals surface area contributed by atoms with Crippen LogP contribution in [0.1, 0.15) is 0 Å². The van der Waals surface area contributed by atoms with Crippen molar-refractivity contribution >= 4 is 33.5 Å². The van der Waals surface area contributed by atoms with Gasteiger partial charge in [-0.05, 0) is 58.0 Å². The Hall–Kier alpha value is -1.80. The molecule has 0 amide bonds. The molecule has 0 saturated carbocycles. The van der Waals surface area contributed by atoms with Crippen LogP contribution in [0, 0.1) is 3.70 Å². The van der Waals surface area contributed by atoms with E-state index in [1.807, 2.05) is 18.2 Å². The predicted octanol–water partition coefficient (Wildman–Crippen LogP) is 3.83. The number of halogens is 1. The molecule has 114 valence electrons. The fourth-order valence-electron chi connectivity index (χ4n) is 2.25. The number of rotatable bonds is 5. The van der Waals surface area contributed by atoms with E-state index < -0.39 is 0 Å². The fourth-order valence-corrected chi connectivity index (χ4v) is 2.85. The van der Waals surface area contributed by atoms with E-state index in [0.29, 0.717) is 11.5 Å². The lowest BCUT2D eigenvalue weighted by Crippen LogP contribution is -2.00. The standard InChI is InChI=1S/C16H15IN2O3/c1-20-9-22-14-6-4-11(8-15(14)21-2)10-3-5-12-13(7-10)18-19-16(12)17/h3-8H,9H2,1-2H3,(H,18,19). The summed E-state index contributed by atoms with van der Waals surface area (Å²) in [6.45, 7) is 0.189. The molecule has 1 N–H and O–H groups in total. The highest BCUT2D eigenvalue weighted by Gasteiger charge is 2.09. The van der Waals surface area contributed by atoms with E-state index in [-0.39, 0.29) is 6.79 Å². The maximum Gasteiger partial charge on any atom is 0.188 e. The van der Waals surface area contributed by atoms with Crippen molar-refractivity contribution in [2.45, 2.75) is 0 Å². The Morgan fingerprint density at radius 3 is 2.59 bits per heavy atom. The van der Waals surface area contributed by atoms with E-state index in [4.69, 9.17) is 14.2 Å². The molecule has 0 bridgehead atoms. The maximum absolute atomic E-state index is 5.48. The molecule has 1 heterocycles. The van der Waals surface area contributed by atoms with E-state index in [0.717, 1.165) is 25.7 Å². The summed E-state index contributed by atoms with van der Waals surface area (Å²) in [7, 11) is 3.21. The molecule has 5 nitrogen and oxygen atoms in total. The molecule has 0 radical (unpaired) electrons. The van der Waals surface area contributed by atoms with Crippen LogP contribution in [0.25, 0.3) is 22.0 Å². The highest BCUT2D eigenvalue weighted by Crippen LogP contribution is 2.33. The Bertz CT molecular complexity index is 801. The number of nitrogens with one attached hydrogen (secondary N) is 1. The topological polar surface area (TPSA) is 56.4 Å². The first-order valence-electron chi connectivity index (χ1n) is 6.66. The second-order valence-electron chi connectivity index (χ2n) is 4.69. The number of aromatic amines is 1. The molecule has 0 spiro atoms. The van der Waals surface area contributed by atoms with Crippen molar-refractivity contribution < 1.29 is 14.2 Å². The fraction of sp³-hybridized carbons (Fsp3) is 0.188. The number of benzene rings is 2. The minimum absolute atomic E-state index is 0.189. The maximum atomic E-state index is 5.48. The van der Waals surface area contributed by atoms with Gasteiger partial charge in [-0.2, -0.15) is 5.10 Å². The summed E-state index contributed by atoms with van der Waals surface area (Å²) in [6.07, 6.45) is 0. The lowest BCUT2D eigenvalue weighted by Gasteiger charge is -2.11. The molecule has 22 heavy (non-hydrogen) atoms. The van der Waals surface area contributed by atoms with Crippen LogP contribution in [-0.2, 0) is 4.74 Å². The molecular weight excluding hydrogens is 395 g/mol. The second-order valence-corrected chi connectivity index (χ2v) is 5.71. The van der Waals surface area contributed by atoms with E-state index in [2.05, 4.69) is 51.0 Å². The van der Waals surface area contributed by atoms with Gasteiger partial charge in [0.15, 0.2) is 18.3 Å². The summed E-state index contributed by atoms with van der Waals surface area (Å²) in [4.78, 5) is 0. The van der Waals surface area contributed by atoms with Crippen LogP contribution in [0.2, 0.25) is 0 Å². The molecule has 1 aromatic heterocycles. The van der Waals surface area contributed by atoms with Gasteiger partial charge in [0.2, 0.25) is 0 Å². The Balaban J connectivity index is 1.98. The number of methoxy groups -OCH3 is 2. The second kappa shape index (κ2) is 6.53. The predicted molar refractivity (Wildman–Crippen MR) is 93.3 cm³/mol. The molecule has 0 saturated heterocycles. The normalized spacial score (nSPS) is 10.9. The number of nitrogens with zero attached hydrogens (tertiary/aromatic N) is 1. The van der Waals surface area contributed by atoms with Crippen LogP contribution in [0.15, 0.2) is 36.4 Å². The zero-order valence-electron chi connectivity index (χ0n) is 12.2.